The van der Waals surface area contributed by atoms with E-state index in [0.717, 1.165) is 25.2 Å². The Labute approximate surface area is 160 Å². The van der Waals surface area contributed by atoms with Gasteiger partial charge in [0.1, 0.15) is 5.75 Å². The third-order valence-corrected chi connectivity index (χ3v) is 4.58. The minimum Gasteiger partial charge on any atom is -0.507 e. The number of nitrogens with one attached hydrogen (secondary N) is 1. The van der Waals surface area contributed by atoms with Crippen molar-refractivity contribution in [1.29, 1.82) is 0 Å². The maximum Gasteiger partial charge on any atom is 0.416 e. The Morgan fingerprint density at radius 3 is 2.61 bits per heavy atom. The van der Waals surface area contributed by atoms with Crippen LogP contribution in [0.1, 0.15) is 15.9 Å². The molecule has 1 aliphatic heterocycles. The van der Waals surface area contributed by atoms with Gasteiger partial charge in [-0.2, -0.15) is 13.2 Å². The smallest absolute Gasteiger partial charge is 0.416 e. The monoisotopic (exact) mass is 394 g/mol. The fourth-order valence-electron chi connectivity index (χ4n) is 3.03. The molecule has 0 aliphatic carbocycles. The molecule has 8 heteroatoms. The molecule has 2 aromatic rings. The van der Waals surface area contributed by atoms with Gasteiger partial charge in [-0.3, -0.25) is 9.69 Å². The molecule has 1 amide bonds. The van der Waals surface area contributed by atoms with Crippen LogP contribution in [0.15, 0.2) is 42.5 Å². The molecule has 0 bridgehead atoms. The van der Waals surface area contributed by atoms with Gasteiger partial charge >= 0.3 is 6.18 Å². The molecule has 3 rings (SSSR count). The molecule has 0 aromatic heterocycles. The van der Waals surface area contributed by atoms with E-state index in [1.165, 1.54) is 30.3 Å². The summed E-state index contributed by atoms with van der Waals surface area (Å²) in [4.78, 5) is 14.6. The van der Waals surface area contributed by atoms with E-state index < -0.39 is 11.7 Å². The summed E-state index contributed by atoms with van der Waals surface area (Å²) < 4.78 is 44.1. The molecular weight excluding hydrogens is 373 g/mol. The number of hydrogen-bond acceptors (Lipinski definition) is 4. The lowest BCUT2D eigenvalue weighted by Crippen LogP contribution is -2.41. The summed E-state index contributed by atoms with van der Waals surface area (Å²) in [7, 11) is 0. The molecule has 150 valence electrons. The Morgan fingerprint density at radius 1 is 1.14 bits per heavy atom. The Kier molecular flexibility index (Phi) is 6.21. The highest BCUT2D eigenvalue weighted by molar-refractivity contribution is 5.96. The summed E-state index contributed by atoms with van der Waals surface area (Å²) in [6, 6.07) is 8.80. The largest absolute Gasteiger partial charge is 0.507 e. The van der Waals surface area contributed by atoms with Crippen molar-refractivity contribution in [3.05, 3.63) is 53.6 Å². The van der Waals surface area contributed by atoms with Gasteiger partial charge in [0, 0.05) is 37.3 Å². The van der Waals surface area contributed by atoms with Crippen molar-refractivity contribution < 1.29 is 27.8 Å². The van der Waals surface area contributed by atoms with Crippen LogP contribution in [0.3, 0.4) is 0 Å². The van der Waals surface area contributed by atoms with Crippen LogP contribution in [0.2, 0.25) is 0 Å². The average molecular weight is 394 g/mol. The molecule has 2 aromatic carbocycles. The summed E-state index contributed by atoms with van der Waals surface area (Å²) in [5.41, 5.74) is -0.181. The fourth-order valence-corrected chi connectivity index (χ4v) is 3.03. The zero-order chi connectivity index (χ0) is 20.1. The normalized spacial score (nSPS) is 15.4. The number of carbonyl (C=O) groups is 1. The summed E-state index contributed by atoms with van der Waals surface area (Å²) in [5.74, 6) is -0.536. The van der Waals surface area contributed by atoms with Crippen molar-refractivity contribution in [2.24, 2.45) is 0 Å². The van der Waals surface area contributed by atoms with Gasteiger partial charge in [-0.15, -0.1) is 0 Å². The molecular formula is C20H21F3N2O3. The van der Waals surface area contributed by atoms with Gasteiger partial charge in [-0.05, 0) is 35.9 Å². The number of morpholine rings is 1. The van der Waals surface area contributed by atoms with E-state index in [1.807, 2.05) is 0 Å². The molecule has 2 N–H and O–H groups in total. The number of benzene rings is 2. The van der Waals surface area contributed by atoms with Gasteiger partial charge in [0.15, 0.2) is 0 Å². The van der Waals surface area contributed by atoms with E-state index in [1.54, 1.807) is 0 Å². The second-order valence-corrected chi connectivity index (χ2v) is 6.52. The van der Waals surface area contributed by atoms with Crippen molar-refractivity contribution in [2.45, 2.75) is 6.18 Å². The first-order valence-corrected chi connectivity index (χ1v) is 8.93. The Morgan fingerprint density at radius 2 is 1.89 bits per heavy atom. The number of halogens is 3. The second-order valence-electron chi connectivity index (χ2n) is 6.52. The standard InChI is InChI=1S/C20H21F3N2O3/c21-20(22,23)16-3-1-2-14(12-16)17-13-15(4-5-18(17)26)19(27)24-6-7-25-8-10-28-11-9-25/h1-5,12-13,26H,6-11H2,(H,24,27). The van der Waals surface area contributed by atoms with Crippen LogP contribution < -0.4 is 5.32 Å². The van der Waals surface area contributed by atoms with Crippen LogP contribution >= 0.6 is 0 Å². The van der Waals surface area contributed by atoms with E-state index in [0.29, 0.717) is 26.3 Å². The lowest BCUT2D eigenvalue weighted by Gasteiger charge is -2.26. The van der Waals surface area contributed by atoms with Gasteiger partial charge in [0.05, 0.1) is 18.8 Å². The Balaban J connectivity index is 1.71. The molecule has 0 spiro atoms. The van der Waals surface area contributed by atoms with Crippen LogP contribution in [0.4, 0.5) is 13.2 Å². The number of ether oxygens (including phenoxy) is 1. The third-order valence-electron chi connectivity index (χ3n) is 4.58. The highest BCUT2D eigenvalue weighted by atomic mass is 19.4. The minimum absolute atomic E-state index is 0.173. The van der Waals surface area contributed by atoms with E-state index >= 15 is 0 Å². The topological polar surface area (TPSA) is 61.8 Å². The van der Waals surface area contributed by atoms with Gasteiger partial charge in [-0.25, -0.2) is 0 Å². The number of carbonyl (C=O) groups excluding carboxylic acids is 1. The summed E-state index contributed by atoms with van der Waals surface area (Å²) in [5, 5.41) is 12.9. The highest BCUT2D eigenvalue weighted by Gasteiger charge is 2.30. The summed E-state index contributed by atoms with van der Waals surface area (Å²) >= 11 is 0. The number of phenolic OH excluding ortho intramolecular Hbond substituents is 1. The second kappa shape index (κ2) is 8.62. The predicted octanol–water partition coefficient (Wildman–Crippen LogP) is 3.14. The first-order valence-electron chi connectivity index (χ1n) is 8.93. The molecule has 1 saturated heterocycles. The highest BCUT2D eigenvalue weighted by Crippen LogP contribution is 2.35. The number of amides is 1. The number of aromatic hydroxyl groups is 1. The number of nitrogens with zero attached hydrogens (tertiary/aromatic N) is 1. The zero-order valence-electron chi connectivity index (χ0n) is 15.1. The molecule has 1 heterocycles. The maximum absolute atomic E-state index is 12.9. The summed E-state index contributed by atoms with van der Waals surface area (Å²) in [6.07, 6.45) is -4.49. The molecule has 0 atom stereocenters. The first kappa shape index (κ1) is 20.2. The predicted molar refractivity (Wildman–Crippen MR) is 98.1 cm³/mol. The molecule has 1 fully saturated rings. The van der Waals surface area contributed by atoms with Gasteiger partial charge in [0.25, 0.3) is 5.91 Å². The minimum atomic E-state index is -4.49. The van der Waals surface area contributed by atoms with Crippen LogP contribution in [-0.2, 0) is 10.9 Å². The Bertz CT molecular complexity index is 834. The fraction of sp³-hybridized carbons (Fsp3) is 0.350. The molecule has 1 aliphatic rings. The van der Waals surface area contributed by atoms with Crippen molar-refractivity contribution in [1.82, 2.24) is 10.2 Å². The number of phenols is 1. The van der Waals surface area contributed by atoms with Gasteiger partial charge in [-0.1, -0.05) is 12.1 Å². The van der Waals surface area contributed by atoms with Crippen LogP contribution in [0.25, 0.3) is 11.1 Å². The lowest BCUT2D eigenvalue weighted by molar-refractivity contribution is -0.137. The maximum atomic E-state index is 12.9. The number of rotatable bonds is 5. The van der Waals surface area contributed by atoms with Crippen LogP contribution in [-0.4, -0.2) is 55.3 Å². The van der Waals surface area contributed by atoms with Crippen molar-refractivity contribution in [2.75, 3.05) is 39.4 Å². The van der Waals surface area contributed by atoms with Crippen LogP contribution in [0.5, 0.6) is 5.75 Å². The van der Waals surface area contributed by atoms with Crippen LogP contribution in [0, 0.1) is 0 Å². The van der Waals surface area contributed by atoms with Crippen molar-refractivity contribution in [3.8, 4) is 16.9 Å². The Hall–Kier alpha value is -2.58. The van der Waals surface area contributed by atoms with E-state index in [9.17, 15) is 23.1 Å². The number of alkyl halides is 3. The summed E-state index contributed by atoms with van der Waals surface area (Å²) in [6.45, 7) is 4.11. The molecule has 28 heavy (non-hydrogen) atoms. The van der Waals surface area contributed by atoms with Crippen molar-refractivity contribution >= 4 is 5.91 Å². The third kappa shape index (κ3) is 5.02. The van der Waals surface area contributed by atoms with E-state index in [2.05, 4.69) is 10.2 Å². The quantitative estimate of drug-likeness (QED) is 0.818. The van der Waals surface area contributed by atoms with Crippen molar-refractivity contribution in [3.63, 3.8) is 0 Å². The lowest BCUT2D eigenvalue weighted by atomic mass is 9.99. The van der Waals surface area contributed by atoms with E-state index in [4.69, 9.17) is 4.74 Å². The molecule has 0 radical (unpaired) electrons. The van der Waals surface area contributed by atoms with Gasteiger partial charge in [0.2, 0.25) is 0 Å². The average Bonchev–Trinajstić information content (AvgIpc) is 2.68. The molecule has 0 saturated carbocycles. The number of hydrogen-bond donors (Lipinski definition) is 2. The first-order chi connectivity index (χ1) is 13.3. The van der Waals surface area contributed by atoms with E-state index in [-0.39, 0.29) is 28.3 Å². The molecule has 0 unspecified atom stereocenters. The SMILES string of the molecule is O=C(NCCN1CCOCC1)c1ccc(O)c(-c2cccc(C(F)(F)F)c2)c1. The van der Waals surface area contributed by atoms with Gasteiger partial charge < -0.3 is 15.2 Å². The molecule has 5 nitrogen and oxygen atoms in total. The zero-order valence-corrected chi connectivity index (χ0v) is 15.1.